The molecule has 1 fully saturated rings. The second-order valence-electron chi connectivity index (χ2n) is 9.52. The summed E-state index contributed by atoms with van der Waals surface area (Å²) in [7, 11) is 0. The number of fused-ring (bicyclic) bond motifs is 1. The average molecular weight is 504 g/mol. The van der Waals surface area contributed by atoms with Crippen molar-refractivity contribution in [2.24, 2.45) is 0 Å². The Kier molecular flexibility index (Phi) is 8.97. The van der Waals surface area contributed by atoms with Crippen molar-refractivity contribution < 1.29 is 19.4 Å². The Morgan fingerprint density at radius 2 is 1.94 bits per heavy atom. The van der Waals surface area contributed by atoms with Gasteiger partial charge in [0.1, 0.15) is 22.7 Å². The molecule has 2 aromatic heterocycles. The van der Waals surface area contributed by atoms with Crippen LogP contribution in [0.5, 0.6) is 0 Å². The smallest absolute Gasteiger partial charge is 0.408 e. The highest BCUT2D eigenvalue weighted by atomic mass is 32.1. The maximum absolute atomic E-state index is 11.5. The third kappa shape index (κ3) is 7.21. The van der Waals surface area contributed by atoms with Gasteiger partial charge in [-0.05, 0) is 76.3 Å². The van der Waals surface area contributed by atoms with Crippen molar-refractivity contribution in [3.63, 3.8) is 0 Å². The highest BCUT2D eigenvalue weighted by Gasteiger charge is 2.26. The molecule has 1 atom stereocenters. The third-order valence-electron chi connectivity index (χ3n) is 5.63. The monoisotopic (exact) mass is 503 g/mol. The van der Waals surface area contributed by atoms with Crippen molar-refractivity contribution in [2.75, 3.05) is 18.0 Å². The molecule has 34 heavy (non-hydrogen) atoms. The zero-order valence-corrected chi connectivity index (χ0v) is 21.7. The minimum atomic E-state index is -1.07. The molecule has 2 aromatic rings. The van der Waals surface area contributed by atoms with E-state index in [9.17, 15) is 14.9 Å². The van der Waals surface area contributed by atoms with Gasteiger partial charge in [-0.25, -0.2) is 9.59 Å². The number of hydrogen-bond donors (Lipinski definition) is 2. The van der Waals surface area contributed by atoms with Crippen LogP contribution >= 0.6 is 22.7 Å². The van der Waals surface area contributed by atoms with E-state index in [1.54, 1.807) is 20.8 Å². The minimum absolute atomic E-state index is 0.256. The molecule has 0 spiro atoms. The van der Waals surface area contributed by atoms with Crippen LogP contribution in [0.1, 0.15) is 67.3 Å². The van der Waals surface area contributed by atoms with Crippen molar-refractivity contribution >= 4 is 39.7 Å². The van der Waals surface area contributed by atoms with E-state index in [1.807, 2.05) is 28.8 Å². The van der Waals surface area contributed by atoms with Gasteiger partial charge in [0.05, 0.1) is 5.56 Å². The number of aryl methyl sites for hydroxylation is 1. The van der Waals surface area contributed by atoms with Crippen molar-refractivity contribution in [3.8, 4) is 6.07 Å². The zero-order valence-electron chi connectivity index (χ0n) is 20.1. The maximum Gasteiger partial charge on any atom is 0.408 e. The predicted octanol–water partition coefficient (Wildman–Crippen LogP) is 5.37. The van der Waals surface area contributed by atoms with Gasteiger partial charge in [0.2, 0.25) is 0 Å². The summed E-state index contributed by atoms with van der Waals surface area (Å²) in [6.07, 6.45) is 7.00. The van der Waals surface area contributed by atoms with Crippen LogP contribution in [0.2, 0.25) is 0 Å². The number of rotatable bonds is 5. The largest absolute Gasteiger partial charge is 0.480 e. The second kappa shape index (κ2) is 11.7. The van der Waals surface area contributed by atoms with Crippen LogP contribution in [-0.2, 0) is 28.8 Å². The molecule has 1 unspecified atom stereocenters. The fraction of sp³-hybridized carbons (Fsp3) is 0.560. The van der Waals surface area contributed by atoms with Gasteiger partial charge < -0.3 is 20.1 Å². The standard InChI is InChI=1S/C13H16N2S.C12H17NO4S/c14-9-11-10-5-1-2-6-12(10)16-13(11)15-7-3-4-8-15;1-12(2,3)17-11(16)13-9(10(14)15)7-8-5-4-6-18-8/h1-8H2;4-6,9H,7H2,1-3H3,(H,13,16)(H,14,15). The van der Waals surface area contributed by atoms with E-state index < -0.39 is 23.7 Å². The topological polar surface area (TPSA) is 103 Å². The zero-order chi connectivity index (χ0) is 24.7. The van der Waals surface area contributed by atoms with Crippen molar-refractivity contribution in [1.82, 2.24) is 5.32 Å². The predicted molar refractivity (Wildman–Crippen MR) is 136 cm³/mol. The molecule has 0 bridgehead atoms. The molecule has 1 aliphatic heterocycles. The minimum Gasteiger partial charge on any atom is -0.480 e. The van der Waals surface area contributed by atoms with Crippen molar-refractivity contribution in [3.05, 3.63) is 38.4 Å². The molecule has 1 amide bonds. The van der Waals surface area contributed by atoms with E-state index in [-0.39, 0.29) is 6.42 Å². The van der Waals surface area contributed by atoms with Gasteiger partial charge in [0.15, 0.2) is 0 Å². The lowest BCUT2D eigenvalue weighted by Gasteiger charge is -2.21. The summed E-state index contributed by atoms with van der Waals surface area (Å²) in [6.45, 7) is 7.47. The molecule has 4 rings (SSSR count). The van der Waals surface area contributed by atoms with Crippen LogP contribution in [0.3, 0.4) is 0 Å². The average Bonchev–Trinajstić information content (AvgIpc) is 3.52. The van der Waals surface area contributed by atoms with E-state index in [0.29, 0.717) is 0 Å². The Bertz CT molecular complexity index is 1010. The van der Waals surface area contributed by atoms with E-state index in [1.165, 1.54) is 58.9 Å². The van der Waals surface area contributed by atoms with E-state index >= 15 is 0 Å². The van der Waals surface area contributed by atoms with E-state index in [4.69, 9.17) is 9.84 Å². The Balaban J connectivity index is 0.000000191. The number of amides is 1. The number of alkyl carbamates (subject to hydrolysis) is 1. The van der Waals surface area contributed by atoms with Gasteiger partial charge in [-0.15, -0.1) is 22.7 Å². The number of aliphatic carboxylic acids is 1. The number of carboxylic acid groups (broad SMARTS) is 1. The van der Waals surface area contributed by atoms with Crippen molar-refractivity contribution in [1.29, 1.82) is 5.26 Å². The van der Waals surface area contributed by atoms with Gasteiger partial charge in [0, 0.05) is 29.3 Å². The Labute approximate surface area is 209 Å². The fourth-order valence-electron chi connectivity index (χ4n) is 4.09. The second-order valence-corrected chi connectivity index (χ2v) is 11.6. The molecule has 0 radical (unpaired) electrons. The van der Waals surface area contributed by atoms with Gasteiger partial charge in [-0.1, -0.05) is 6.07 Å². The molecule has 184 valence electrons. The summed E-state index contributed by atoms with van der Waals surface area (Å²) in [5, 5.41) is 23.9. The van der Waals surface area contributed by atoms with Crippen LogP contribution in [-0.4, -0.2) is 41.9 Å². The third-order valence-corrected chi connectivity index (χ3v) is 7.88. The highest BCUT2D eigenvalue weighted by molar-refractivity contribution is 7.16. The van der Waals surface area contributed by atoms with Gasteiger partial charge in [-0.3, -0.25) is 0 Å². The van der Waals surface area contributed by atoms with Gasteiger partial charge >= 0.3 is 12.1 Å². The Hall–Kier alpha value is -2.57. The molecule has 1 aliphatic carbocycles. The lowest BCUT2D eigenvalue weighted by molar-refractivity contribution is -0.139. The fourth-order valence-corrected chi connectivity index (χ4v) is 6.23. The molecule has 0 saturated carbocycles. The van der Waals surface area contributed by atoms with Crippen molar-refractivity contribution in [2.45, 2.75) is 77.4 Å². The number of carboxylic acids is 1. The summed E-state index contributed by atoms with van der Waals surface area (Å²) in [4.78, 5) is 27.4. The summed E-state index contributed by atoms with van der Waals surface area (Å²) in [5.41, 5.74) is 1.73. The summed E-state index contributed by atoms with van der Waals surface area (Å²) < 4.78 is 5.03. The summed E-state index contributed by atoms with van der Waals surface area (Å²) in [6, 6.07) is 5.15. The van der Waals surface area contributed by atoms with Crippen LogP contribution in [0, 0.1) is 11.3 Å². The number of hydrogen-bond acceptors (Lipinski definition) is 7. The number of ether oxygens (including phenoxy) is 1. The first-order valence-corrected chi connectivity index (χ1v) is 13.4. The normalized spacial score (nSPS) is 16.0. The van der Waals surface area contributed by atoms with Gasteiger partial charge in [0.25, 0.3) is 0 Å². The first-order valence-electron chi connectivity index (χ1n) is 11.7. The van der Waals surface area contributed by atoms with E-state index in [2.05, 4.69) is 16.3 Å². The molecule has 1 saturated heterocycles. The highest BCUT2D eigenvalue weighted by Crippen LogP contribution is 2.40. The van der Waals surface area contributed by atoms with Crippen LogP contribution < -0.4 is 10.2 Å². The lowest BCUT2D eigenvalue weighted by atomic mass is 9.96. The number of thiophene rings is 2. The number of nitriles is 1. The molecule has 7 nitrogen and oxygen atoms in total. The molecule has 9 heteroatoms. The Morgan fingerprint density at radius 1 is 1.24 bits per heavy atom. The summed E-state index contributed by atoms with van der Waals surface area (Å²) >= 11 is 3.34. The SMILES string of the molecule is CC(C)(C)OC(=O)NC(Cc1cccs1)C(=O)O.N#Cc1c(N2CCCC2)sc2c1CCCC2. The first kappa shape index (κ1) is 26.0. The van der Waals surface area contributed by atoms with Crippen LogP contribution in [0.4, 0.5) is 9.80 Å². The molecule has 3 heterocycles. The quantitative estimate of drug-likeness (QED) is 0.569. The van der Waals surface area contributed by atoms with Crippen LogP contribution in [0.25, 0.3) is 0 Å². The first-order chi connectivity index (χ1) is 16.2. The number of nitrogens with zero attached hydrogens (tertiary/aromatic N) is 2. The molecular formula is C25H33N3O4S2. The number of carbonyl (C=O) groups excluding carboxylic acids is 1. The van der Waals surface area contributed by atoms with E-state index in [0.717, 1.165) is 30.0 Å². The molecule has 2 N–H and O–H groups in total. The molecular weight excluding hydrogens is 470 g/mol. The van der Waals surface area contributed by atoms with Gasteiger partial charge in [-0.2, -0.15) is 5.26 Å². The number of carbonyl (C=O) groups is 2. The Morgan fingerprint density at radius 3 is 2.53 bits per heavy atom. The molecule has 0 aromatic carbocycles. The number of anilines is 1. The summed E-state index contributed by atoms with van der Waals surface area (Å²) in [5.74, 6) is -1.07. The molecule has 2 aliphatic rings. The van der Waals surface area contributed by atoms with Crippen LogP contribution in [0.15, 0.2) is 17.5 Å². The number of nitrogens with one attached hydrogen (secondary N) is 1. The maximum atomic E-state index is 11.5. The lowest BCUT2D eigenvalue weighted by Crippen LogP contribution is -2.44.